The zero-order chi connectivity index (χ0) is 22.7. The maximum absolute atomic E-state index is 12.7. The first-order valence-electron chi connectivity index (χ1n) is 10.2. The van der Waals surface area contributed by atoms with Gasteiger partial charge in [-0.05, 0) is 44.5 Å². The molecule has 2 aromatic carbocycles. The number of benzene rings is 2. The van der Waals surface area contributed by atoms with Crippen LogP contribution in [0.2, 0.25) is 0 Å². The summed E-state index contributed by atoms with van der Waals surface area (Å²) in [5.74, 6) is 0.343. The summed E-state index contributed by atoms with van der Waals surface area (Å²) in [5.41, 5.74) is 2.18. The fraction of sp³-hybridized carbons (Fsp3) is 0.250. The van der Waals surface area contributed by atoms with E-state index in [0.717, 1.165) is 11.1 Å². The SMILES string of the molecule is CC(C)(C)OC(=O)NCc1cc(=O)c2cc(-c3cn(Cc4ccccc4)nn3)ccc2o1. The van der Waals surface area contributed by atoms with E-state index in [1.54, 1.807) is 37.6 Å². The molecule has 2 aromatic heterocycles. The first-order valence-corrected chi connectivity index (χ1v) is 10.2. The zero-order valence-corrected chi connectivity index (χ0v) is 18.2. The molecular formula is C24H24N4O4. The van der Waals surface area contributed by atoms with Crippen molar-refractivity contribution in [3.63, 3.8) is 0 Å². The number of nitrogens with zero attached hydrogens (tertiary/aromatic N) is 3. The van der Waals surface area contributed by atoms with Gasteiger partial charge in [-0.15, -0.1) is 5.10 Å². The average molecular weight is 432 g/mol. The maximum atomic E-state index is 12.7. The van der Waals surface area contributed by atoms with Gasteiger partial charge < -0.3 is 14.5 Å². The molecule has 0 aliphatic heterocycles. The van der Waals surface area contributed by atoms with E-state index in [9.17, 15) is 9.59 Å². The molecule has 0 radical (unpaired) electrons. The van der Waals surface area contributed by atoms with Gasteiger partial charge in [0.2, 0.25) is 0 Å². The van der Waals surface area contributed by atoms with E-state index in [0.29, 0.717) is 29.0 Å². The maximum Gasteiger partial charge on any atom is 0.408 e. The molecule has 8 nitrogen and oxygen atoms in total. The van der Waals surface area contributed by atoms with Crippen LogP contribution in [0, 0.1) is 0 Å². The van der Waals surface area contributed by atoms with Gasteiger partial charge in [-0.25, -0.2) is 9.48 Å². The van der Waals surface area contributed by atoms with E-state index < -0.39 is 11.7 Å². The number of alkyl carbamates (subject to hydrolysis) is 1. The molecule has 4 aromatic rings. The Hall–Kier alpha value is -3.94. The van der Waals surface area contributed by atoms with Crippen LogP contribution in [0.3, 0.4) is 0 Å². The standard InChI is InChI=1S/C24H24N4O4/c1-24(2,3)32-23(30)25-13-18-12-21(29)19-11-17(9-10-22(19)31-18)20-15-28(27-26-20)14-16-7-5-4-6-8-16/h4-12,15H,13-14H2,1-3H3,(H,25,30). The highest BCUT2D eigenvalue weighted by Crippen LogP contribution is 2.22. The third kappa shape index (κ3) is 5.21. The molecule has 0 bridgehead atoms. The van der Waals surface area contributed by atoms with Crippen LogP contribution in [-0.4, -0.2) is 26.7 Å². The number of hydrogen-bond acceptors (Lipinski definition) is 6. The normalized spacial score (nSPS) is 11.5. The zero-order valence-electron chi connectivity index (χ0n) is 18.2. The second-order valence-corrected chi connectivity index (χ2v) is 8.43. The summed E-state index contributed by atoms with van der Waals surface area (Å²) in [5, 5.41) is 11.4. The Morgan fingerprint density at radius 3 is 2.66 bits per heavy atom. The minimum absolute atomic E-state index is 0.0512. The molecule has 8 heteroatoms. The van der Waals surface area contributed by atoms with Crippen LogP contribution in [0.1, 0.15) is 32.1 Å². The Morgan fingerprint density at radius 1 is 1.12 bits per heavy atom. The van der Waals surface area contributed by atoms with Crippen LogP contribution in [-0.2, 0) is 17.8 Å². The molecule has 164 valence electrons. The Balaban J connectivity index is 1.51. The van der Waals surface area contributed by atoms with Gasteiger partial charge in [0.25, 0.3) is 0 Å². The molecule has 0 saturated heterocycles. The van der Waals surface area contributed by atoms with Crippen LogP contribution >= 0.6 is 0 Å². The van der Waals surface area contributed by atoms with Crippen molar-refractivity contribution in [2.75, 3.05) is 0 Å². The number of fused-ring (bicyclic) bond motifs is 1. The van der Waals surface area contributed by atoms with E-state index in [1.165, 1.54) is 6.07 Å². The van der Waals surface area contributed by atoms with Gasteiger partial charge in [-0.2, -0.15) is 0 Å². The summed E-state index contributed by atoms with van der Waals surface area (Å²) >= 11 is 0. The third-order valence-corrected chi connectivity index (χ3v) is 4.61. The lowest BCUT2D eigenvalue weighted by molar-refractivity contribution is 0.0520. The summed E-state index contributed by atoms with van der Waals surface area (Å²) < 4.78 is 12.7. The van der Waals surface area contributed by atoms with Gasteiger partial charge >= 0.3 is 6.09 Å². The van der Waals surface area contributed by atoms with Crippen molar-refractivity contribution in [1.29, 1.82) is 0 Å². The van der Waals surface area contributed by atoms with Gasteiger partial charge in [0, 0.05) is 11.6 Å². The van der Waals surface area contributed by atoms with Crippen LogP contribution in [0.15, 0.2) is 70.0 Å². The summed E-state index contributed by atoms with van der Waals surface area (Å²) in [6.45, 7) is 5.99. The van der Waals surface area contributed by atoms with Crippen LogP contribution in [0.25, 0.3) is 22.2 Å². The highest BCUT2D eigenvalue weighted by molar-refractivity contribution is 5.82. The summed E-state index contributed by atoms with van der Waals surface area (Å²) in [4.78, 5) is 24.5. The van der Waals surface area contributed by atoms with Crippen molar-refractivity contribution in [3.8, 4) is 11.3 Å². The summed E-state index contributed by atoms with van der Waals surface area (Å²) in [6, 6.07) is 16.6. The molecule has 4 rings (SSSR count). The van der Waals surface area contributed by atoms with Crippen LogP contribution in [0.4, 0.5) is 4.79 Å². The topological polar surface area (TPSA) is 99.2 Å². The predicted molar refractivity (Wildman–Crippen MR) is 120 cm³/mol. The molecule has 0 spiro atoms. The quantitative estimate of drug-likeness (QED) is 0.509. The fourth-order valence-electron chi connectivity index (χ4n) is 3.20. The Kier molecular flexibility index (Phi) is 5.77. The number of carbonyl (C=O) groups is 1. The van der Waals surface area contributed by atoms with Gasteiger partial charge in [0.05, 0.1) is 24.7 Å². The number of amides is 1. The molecule has 0 unspecified atom stereocenters. The summed E-state index contributed by atoms with van der Waals surface area (Å²) in [7, 11) is 0. The molecule has 1 amide bonds. The predicted octanol–water partition coefficient (Wildman–Crippen LogP) is 4.12. The van der Waals surface area contributed by atoms with E-state index in [-0.39, 0.29) is 12.0 Å². The van der Waals surface area contributed by atoms with E-state index in [2.05, 4.69) is 15.6 Å². The number of hydrogen-bond donors (Lipinski definition) is 1. The first-order chi connectivity index (χ1) is 15.3. The minimum Gasteiger partial charge on any atom is -0.459 e. The van der Waals surface area contributed by atoms with Crippen LogP contribution in [0.5, 0.6) is 0 Å². The smallest absolute Gasteiger partial charge is 0.408 e. The molecular weight excluding hydrogens is 408 g/mol. The van der Waals surface area contributed by atoms with Crippen molar-refractivity contribution < 1.29 is 13.9 Å². The van der Waals surface area contributed by atoms with Gasteiger partial charge in [-0.1, -0.05) is 35.5 Å². The van der Waals surface area contributed by atoms with Gasteiger partial charge in [0.1, 0.15) is 22.6 Å². The monoisotopic (exact) mass is 432 g/mol. The van der Waals surface area contributed by atoms with Crippen molar-refractivity contribution >= 4 is 17.1 Å². The Labute approximate surface area is 184 Å². The largest absolute Gasteiger partial charge is 0.459 e. The van der Waals surface area contributed by atoms with Crippen molar-refractivity contribution in [2.45, 2.75) is 39.5 Å². The Morgan fingerprint density at radius 2 is 1.91 bits per heavy atom. The molecule has 0 atom stereocenters. The lowest BCUT2D eigenvalue weighted by Crippen LogP contribution is -2.32. The second kappa shape index (κ2) is 8.66. The first kappa shape index (κ1) is 21.3. The van der Waals surface area contributed by atoms with Crippen LogP contribution < -0.4 is 10.7 Å². The lowest BCUT2D eigenvalue weighted by Gasteiger charge is -2.19. The molecule has 0 fully saturated rings. The van der Waals surface area contributed by atoms with Gasteiger partial charge in [-0.3, -0.25) is 4.79 Å². The highest BCUT2D eigenvalue weighted by Gasteiger charge is 2.16. The molecule has 0 saturated carbocycles. The lowest BCUT2D eigenvalue weighted by atomic mass is 10.1. The van der Waals surface area contributed by atoms with Crippen molar-refractivity contribution in [2.24, 2.45) is 0 Å². The Bertz CT molecular complexity index is 1300. The van der Waals surface area contributed by atoms with E-state index in [4.69, 9.17) is 9.15 Å². The number of aromatic nitrogens is 3. The second-order valence-electron chi connectivity index (χ2n) is 8.43. The molecule has 2 heterocycles. The van der Waals surface area contributed by atoms with Crippen molar-refractivity contribution in [3.05, 3.63) is 82.3 Å². The molecule has 0 aliphatic carbocycles. The molecule has 32 heavy (non-hydrogen) atoms. The number of rotatable bonds is 5. The highest BCUT2D eigenvalue weighted by atomic mass is 16.6. The third-order valence-electron chi connectivity index (χ3n) is 4.61. The number of ether oxygens (including phenoxy) is 1. The molecule has 0 aliphatic rings. The fourth-order valence-corrected chi connectivity index (χ4v) is 3.20. The molecule has 1 N–H and O–H groups in total. The summed E-state index contributed by atoms with van der Waals surface area (Å²) in [6.07, 6.45) is 1.27. The number of carbonyl (C=O) groups excluding carboxylic acids is 1. The average Bonchev–Trinajstić information content (AvgIpc) is 3.20. The van der Waals surface area contributed by atoms with E-state index >= 15 is 0 Å². The van der Waals surface area contributed by atoms with E-state index in [1.807, 2.05) is 42.6 Å². The number of nitrogens with one attached hydrogen (secondary N) is 1. The van der Waals surface area contributed by atoms with Crippen molar-refractivity contribution in [1.82, 2.24) is 20.3 Å². The van der Waals surface area contributed by atoms with Gasteiger partial charge in [0.15, 0.2) is 5.43 Å². The minimum atomic E-state index is -0.604.